The summed E-state index contributed by atoms with van der Waals surface area (Å²) < 4.78 is 13.2. The van der Waals surface area contributed by atoms with Gasteiger partial charge in [0.1, 0.15) is 5.82 Å². The summed E-state index contributed by atoms with van der Waals surface area (Å²) >= 11 is 0. The molecular weight excluding hydrogens is 249 g/mol. The van der Waals surface area contributed by atoms with Gasteiger partial charge in [0, 0.05) is 5.69 Å². The standard InChI is InChI=1S/C14H16FNO3/c1-8-5-9(15)7-10(6-8)16-13(17)11-3-2-4-12(11)14(18)19/h5-7,11-12H,2-4H2,1H3,(H,16,17)(H,18,19)/t11-,12+/m1/s1. The molecule has 0 heterocycles. The van der Waals surface area contributed by atoms with Crippen molar-refractivity contribution in [1.82, 2.24) is 0 Å². The highest BCUT2D eigenvalue weighted by Crippen LogP contribution is 2.33. The monoisotopic (exact) mass is 265 g/mol. The Kier molecular flexibility index (Phi) is 3.83. The van der Waals surface area contributed by atoms with Crippen molar-refractivity contribution < 1.29 is 19.1 Å². The van der Waals surface area contributed by atoms with Gasteiger partial charge in [-0.2, -0.15) is 0 Å². The van der Waals surface area contributed by atoms with Gasteiger partial charge in [0.2, 0.25) is 5.91 Å². The smallest absolute Gasteiger partial charge is 0.307 e. The largest absolute Gasteiger partial charge is 0.481 e. The zero-order chi connectivity index (χ0) is 14.0. The summed E-state index contributed by atoms with van der Waals surface area (Å²) in [4.78, 5) is 23.1. The van der Waals surface area contributed by atoms with Crippen LogP contribution in [0.4, 0.5) is 10.1 Å². The molecule has 1 fully saturated rings. The molecule has 1 aromatic rings. The van der Waals surface area contributed by atoms with Gasteiger partial charge in [-0.15, -0.1) is 0 Å². The minimum atomic E-state index is -0.937. The second-order valence-corrected chi connectivity index (χ2v) is 4.99. The van der Waals surface area contributed by atoms with Crippen LogP contribution in [0, 0.1) is 24.6 Å². The summed E-state index contributed by atoms with van der Waals surface area (Å²) in [6.45, 7) is 1.73. The number of hydrogen-bond donors (Lipinski definition) is 2. The summed E-state index contributed by atoms with van der Waals surface area (Å²) in [5, 5.41) is 11.7. The average molecular weight is 265 g/mol. The van der Waals surface area contributed by atoms with Gasteiger partial charge in [0.05, 0.1) is 11.8 Å². The van der Waals surface area contributed by atoms with Crippen LogP contribution in [-0.2, 0) is 9.59 Å². The molecule has 1 aromatic carbocycles. The molecule has 0 unspecified atom stereocenters. The van der Waals surface area contributed by atoms with Crippen LogP contribution in [0.3, 0.4) is 0 Å². The molecule has 2 atom stereocenters. The number of aliphatic carboxylic acids is 1. The zero-order valence-corrected chi connectivity index (χ0v) is 10.6. The number of aryl methyl sites for hydroxylation is 1. The number of nitrogens with one attached hydrogen (secondary N) is 1. The maximum atomic E-state index is 13.2. The number of anilines is 1. The predicted molar refractivity (Wildman–Crippen MR) is 68.2 cm³/mol. The minimum absolute atomic E-state index is 0.338. The maximum Gasteiger partial charge on any atom is 0.307 e. The molecule has 0 aromatic heterocycles. The van der Waals surface area contributed by atoms with E-state index in [1.54, 1.807) is 13.0 Å². The number of amides is 1. The second-order valence-electron chi connectivity index (χ2n) is 4.99. The van der Waals surface area contributed by atoms with Crippen LogP contribution in [0.2, 0.25) is 0 Å². The molecule has 1 aliphatic carbocycles. The zero-order valence-electron chi connectivity index (χ0n) is 10.6. The summed E-state index contributed by atoms with van der Waals surface area (Å²) in [7, 11) is 0. The van der Waals surface area contributed by atoms with E-state index in [0.717, 1.165) is 6.42 Å². The lowest BCUT2D eigenvalue weighted by Gasteiger charge is -2.15. The fourth-order valence-electron chi connectivity index (χ4n) is 2.61. The second kappa shape index (κ2) is 5.38. The molecule has 1 aliphatic rings. The summed E-state index contributed by atoms with van der Waals surface area (Å²) in [6.07, 6.45) is 1.82. The first-order valence-corrected chi connectivity index (χ1v) is 6.28. The molecule has 2 N–H and O–H groups in total. The molecule has 102 valence electrons. The third kappa shape index (κ3) is 3.10. The van der Waals surface area contributed by atoms with Gasteiger partial charge in [0.15, 0.2) is 0 Å². The molecule has 1 saturated carbocycles. The minimum Gasteiger partial charge on any atom is -0.481 e. The van der Waals surface area contributed by atoms with Gasteiger partial charge < -0.3 is 10.4 Å². The predicted octanol–water partition coefficient (Wildman–Crippen LogP) is 2.57. The number of hydrogen-bond acceptors (Lipinski definition) is 2. The molecule has 5 heteroatoms. The summed E-state index contributed by atoms with van der Waals surface area (Å²) in [5.74, 6) is -2.85. The number of carboxylic acid groups (broad SMARTS) is 1. The van der Waals surface area contributed by atoms with Crippen LogP contribution in [0.25, 0.3) is 0 Å². The van der Waals surface area contributed by atoms with Crippen molar-refractivity contribution in [3.63, 3.8) is 0 Å². The average Bonchev–Trinajstić information content (AvgIpc) is 2.75. The highest BCUT2D eigenvalue weighted by atomic mass is 19.1. The number of carboxylic acids is 1. The van der Waals surface area contributed by atoms with Crippen molar-refractivity contribution in [2.75, 3.05) is 5.32 Å². The van der Waals surface area contributed by atoms with Gasteiger partial charge in [-0.3, -0.25) is 9.59 Å². The number of carbonyl (C=O) groups excluding carboxylic acids is 1. The van der Waals surface area contributed by atoms with Gasteiger partial charge in [0.25, 0.3) is 0 Å². The third-order valence-electron chi connectivity index (χ3n) is 3.48. The van der Waals surface area contributed by atoms with Crippen molar-refractivity contribution in [1.29, 1.82) is 0 Å². The topological polar surface area (TPSA) is 66.4 Å². The van der Waals surface area contributed by atoms with Crippen molar-refractivity contribution in [3.8, 4) is 0 Å². The maximum absolute atomic E-state index is 13.2. The van der Waals surface area contributed by atoms with Crippen LogP contribution >= 0.6 is 0 Å². The van der Waals surface area contributed by atoms with Gasteiger partial charge in [-0.05, 0) is 43.5 Å². The Hall–Kier alpha value is -1.91. The number of carbonyl (C=O) groups is 2. The molecule has 19 heavy (non-hydrogen) atoms. The molecule has 4 nitrogen and oxygen atoms in total. The van der Waals surface area contributed by atoms with Crippen LogP contribution < -0.4 is 5.32 Å². The Labute approximate surface area is 110 Å². The van der Waals surface area contributed by atoms with Gasteiger partial charge in [-0.1, -0.05) is 6.42 Å². The lowest BCUT2D eigenvalue weighted by molar-refractivity contribution is -0.145. The SMILES string of the molecule is Cc1cc(F)cc(NC(=O)[C@@H]2CCC[C@@H]2C(=O)O)c1. The number of rotatable bonds is 3. The van der Waals surface area contributed by atoms with Crippen molar-refractivity contribution in [2.24, 2.45) is 11.8 Å². The molecule has 0 saturated heterocycles. The van der Waals surface area contributed by atoms with E-state index in [4.69, 9.17) is 5.11 Å². The first-order chi connectivity index (χ1) is 8.97. The van der Waals surface area contributed by atoms with Crippen molar-refractivity contribution >= 4 is 17.6 Å². The molecular formula is C14H16FNO3. The van der Waals surface area contributed by atoms with Gasteiger partial charge in [-0.25, -0.2) is 4.39 Å². The first-order valence-electron chi connectivity index (χ1n) is 6.28. The number of benzene rings is 1. The lowest BCUT2D eigenvalue weighted by atomic mass is 9.95. The van der Waals surface area contributed by atoms with E-state index in [-0.39, 0.29) is 5.91 Å². The van der Waals surface area contributed by atoms with E-state index in [0.29, 0.717) is 24.1 Å². The van der Waals surface area contributed by atoms with Crippen LogP contribution in [0.1, 0.15) is 24.8 Å². The number of halogens is 1. The molecule has 0 spiro atoms. The Bertz CT molecular complexity index is 495. The van der Waals surface area contributed by atoms with Crippen LogP contribution in [-0.4, -0.2) is 17.0 Å². The van der Waals surface area contributed by atoms with E-state index >= 15 is 0 Å². The molecule has 2 rings (SSSR count). The van der Waals surface area contributed by atoms with E-state index < -0.39 is 23.6 Å². The van der Waals surface area contributed by atoms with Crippen LogP contribution in [0.5, 0.6) is 0 Å². The first kappa shape index (κ1) is 13.5. The molecule has 0 radical (unpaired) electrons. The Morgan fingerprint density at radius 1 is 1.26 bits per heavy atom. The highest BCUT2D eigenvalue weighted by Gasteiger charge is 2.37. The molecule has 0 bridgehead atoms. The lowest BCUT2D eigenvalue weighted by Crippen LogP contribution is -2.30. The Morgan fingerprint density at radius 3 is 2.58 bits per heavy atom. The Morgan fingerprint density at radius 2 is 1.95 bits per heavy atom. The van der Waals surface area contributed by atoms with E-state index in [1.165, 1.54) is 12.1 Å². The highest BCUT2D eigenvalue weighted by molar-refractivity contribution is 5.95. The Balaban J connectivity index is 2.10. The summed E-state index contributed by atoms with van der Waals surface area (Å²) in [6, 6.07) is 4.26. The molecule has 0 aliphatic heterocycles. The van der Waals surface area contributed by atoms with Crippen molar-refractivity contribution in [2.45, 2.75) is 26.2 Å². The van der Waals surface area contributed by atoms with Gasteiger partial charge >= 0.3 is 5.97 Å². The van der Waals surface area contributed by atoms with Crippen molar-refractivity contribution in [3.05, 3.63) is 29.6 Å². The normalized spacial score (nSPS) is 22.2. The van der Waals surface area contributed by atoms with E-state index in [1.807, 2.05) is 0 Å². The van der Waals surface area contributed by atoms with Crippen LogP contribution in [0.15, 0.2) is 18.2 Å². The van der Waals surface area contributed by atoms with E-state index in [9.17, 15) is 14.0 Å². The van der Waals surface area contributed by atoms with E-state index in [2.05, 4.69) is 5.32 Å². The fourth-order valence-corrected chi connectivity index (χ4v) is 2.61. The summed E-state index contributed by atoms with van der Waals surface area (Å²) in [5.41, 5.74) is 1.08. The fraction of sp³-hybridized carbons (Fsp3) is 0.429. The quantitative estimate of drug-likeness (QED) is 0.882. The molecule has 1 amide bonds. The third-order valence-corrected chi connectivity index (χ3v) is 3.48.